The van der Waals surface area contributed by atoms with E-state index >= 15 is 0 Å². The summed E-state index contributed by atoms with van der Waals surface area (Å²) >= 11 is 0. The van der Waals surface area contributed by atoms with Crippen LogP contribution in [0, 0.1) is 5.92 Å². The van der Waals surface area contributed by atoms with Crippen molar-refractivity contribution < 1.29 is 19.4 Å². The number of hydrogen-bond donors (Lipinski definition) is 1. The van der Waals surface area contributed by atoms with Crippen molar-refractivity contribution >= 4 is 11.9 Å². The maximum absolute atomic E-state index is 12.3. The Kier molecular flexibility index (Phi) is 5.27. The molecule has 110 valence electrons. The fourth-order valence-electron chi connectivity index (χ4n) is 2.04. The van der Waals surface area contributed by atoms with Gasteiger partial charge in [-0.1, -0.05) is 30.3 Å². The van der Waals surface area contributed by atoms with Crippen LogP contribution in [0.2, 0.25) is 0 Å². The van der Waals surface area contributed by atoms with E-state index in [1.807, 2.05) is 30.3 Å². The van der Waals surface area contributed by atoms with Gasteiger partial charge in [-0.15, -0.1) is 0 Å². The zero-order valence-corrected chi connectivity index (χ0v) is 12.3. The fraction of sp³-hybridized carbons (Fsp3) is 0.467. The lowest BCUT2D eigenvalue weighted by Gasteiger charge is -2.31. The first-order valence-corrected chi connectivity index (χ1v) is 6.36. The SMILES string of the molecule is COC(=O)[C@](C)(O)[C@H](Cc1ccccc1)C(=O)N(C)C. The summed E-state index contributed by atoms with van der Waals surface area (Å²) in [6, 6.07) is 9.26. The highest BCUT2D eigenvalue weighted by atomic mass is 16.5. The number of aliphatic hydroxyl groups is 1. The van der Waals surface area contributed by atoms with E-state index in [2.05, 4.69) is 4.74 Å². The number of methoxy groups -OCH3 is 1. The summed E-state index contributed by atoms with van der Waals surface area (Å²) in [5.74, 6) is -2.02. The normalized spacial score (nSPS) is 15.1. The molecule has 0 aliphatic rings. The van der Waals surface area contributed by atoms with Crippen LogP contribution in [0.5, 0.6) is 0 Å². The van der Waals surface area contributed by atoms with Gasteiger partial charge in [0.1, 0.15) is 0 Å². The van der Waals surface area contributed by atoms with Crippen LogP contribution in [0.1, 0.15) is 12.5 Å². The molecule has 0 aliphatic carbocycles. The smallest absolute Gasteiger partial charge is 0.338 e. The summed E-state index contributed by atoms with van der Waals surface area (Å²) in [6.45, 7) is 1.31. The van der Waals surface area contributed by atoms with E-state index in [0.717, 1.165) is 5.56 Å². The predicted molar refractivity (Wildman–Crippen MR) is 75.0 cm³/mol. The number of benzene rings is 1. The topological polar surface area (TPSA) is 66.8 Å². The molecule has 5 heteroatoms. The van der Waals surface area contributed by atoms with E-state index < -0.39 is 17.5 Å². The molecule has 0 aromatic heterocycles. The highest BCUT2D eigenvalue weighted by Crippen LogP contribution is 2.25. The van der Waals surface area contributed by atoms with E-state index in [1.54, 1.807) is 14.1 Å². The van der Waals surface area contributed by atoms with E-state index in [-0.39, 0.29) is 12.3 Å². The van der Waals surface area contributed by atoms with Crippen molar-refractivity contribution in [3.05, 3.63) is 35.9 Å². The molecule has 1 aromatic rings. The first-order chi connectivity index (χ1) is 9.30. The van der Waals surface area contributed by atoms with Crippen molar-refractivity contribution in [2.24, 2.45) is 5.92 Å². The Balaban J connectivity index is 3.09. The second-order valence-electron chi connectivity index (χ2n) is 5.11. The van der Waals surface area contributed by atoms with Crippen molar-refractivity contribution in [3.8, 4) is 0 Å². The van der Waals surface area contributed by atoms with Crippen LogP contribution < -0.4 is 0 Å². The summed E-state index contributed by atoms with van der Waals surface area (Å²) < 4.78 is 4.60. The van der Waals surface area contributed by atoms with Crippen molar-refractivity contribution in [1.29, 1.82) is 0 Å². The number of hydrogen-bond acceptors (Lipinski definition) is 4. The van der Waals surface area contributed by atoms with Gasteiger partial charge in [-0.05, 0) is 18.9 Å². The summed E-state index contributed by atoms with van der Waals surface area (Å²) in [4.78, 5) is 25.4. The van der Waals surface area contributed by atoms with Gasteiger partial charge in [0.15, 0.2) is 5.60 Å². The maximum atomic E-state index is 12.3. The van der Waals surface area contributed by atoms with Crippen LogP contribution in [-0.4, -0.2) is 48.7 Å². The molecule has 2 atom stereocenters. The van der Waals surface area contributed by atoms with Gasteiger partial charge in [0, 0.05) is 14.1 Å². The van der Waals surface area contributed by atoms with E-state index in [1.165, 1.54) is 18.9 Å². The zero-order valence-electron chi connectivity index (χ0n) is 12.3. The fourth-order valence-corrected chi connectivity index (χ4v) is 2.04. The molecular formula is C15H21NO4. The van der Waals surface area contributed by atoms with Crippen molar-refractivity contribution in [3.63, 3.8) is 0 Å². The Morgan fingerprint density at radius 1 is 1.30 bits per heavy atom. The molecule has 0 fully saturated rings. The van der Waals surface area contributed by atoms with Crippen LogP contribution in [0.3, 0.4) is 0 Å². The minimum absolute atomic E-state index is 0.264. The molecule has 0 bridgehead atoms. The van der Waals surface area contributed by atoms with E-state index in [0.29, 0.717) is 0 Å². The molecule has 1 amide bonds. The maximum Gasteiger partial charge on any atom is 0.338 e. The Bertz CT molecular complexity index is 468. The molecule has 0 unspecified atom stereocenters. The highest BCUT2D eigenvalue weighted by Gasteiger charge is 2.45. The number of rotatable bonds is 5. The van der Waals surface area contributed by atoms with E-state index in [4.69, 9.17) is 0 Å². The van der Waals surface area contributed by atoms with Gasteiger partial charge in [-0.3, -0.25) is 4.79 Å². The van der Waals surface area contributed by atoms with Crippen LogP contribution in [0.4, 0.5) is 0 Å². The molecule has 1 aromatic carbocycles. The molecule has 20 heavy (non-hydrogen) atoms. The molecular weight excluding hydrogens is 258 g/mol. The number of ether oxygens (including phenoxy) is 1. The highest BCUT2D eigenvalue weighted by molar-refractivity contribution is 5.89. The second-order valence-corrected chi connectivity index (χ2v) is 5.11. The van der Waals surface area contributed by atoms with E-state index in [9.17, 15) is 14.7 Å². The zero-order chi connectivity index (χ0) is 15.3. The molecule has 0 spiro atoms. The Morgan fingerprint density at radius 3 is 2.30 bits per heavy atom. The van der Waals surface area contributed by atoms with Crippen LogP contribution in [-0.2, 0) is 20.7 Å². The lowest BCUT2D eigenvalue weighted by Crippen LogP contribution is -2.51. The summed E-state index contributed by atoms with van der Waals surface area (Å²) in [6.07, 6.45) is 0.264. The second kappa shape index (κ2) is 6.52. The number of nitrogens with zero attached hydrogens (tertiary/aromatic N) is 1. The standard InChI is InChI=1S/C15H21NO4/c1-15(19,14(18)20-4)12(13(17)16(2)3)10-11-8-6-5-7-9-11/h5-9,12,19H,10H2,1-4H3/t12-,15-/m1/s1. The van der Waals surface area contributed by atoms with Crippen molar-refractivity contribution in [2.45, 2.75) is 18.9 Å². The monoisotopic (exact) mass is 279 g/mol. The summed E-state index contributed by atoms with van der Waals surface area (Å²) in [5, 5.41) is 10.4. The molecule has 0 saturated carbocycles. The number of esters is 1. The first kappa shape index (κ1) is 16.2. The predicted octanol–water partition coefficient (Wildman–Crippen LogP) is 0.857. The first-order valence-electron chi connectivity index (χ1n) is 6.36. The molecule has 0 aliphatic heterocycles. The molecule has 1 N–H and O–H groups in total. The minimum atomic E-state index is -1.87. The Morgan fingerprint density at radius 2 is 1.85 bits per heavy atom. The van der Waals surface area contributed by atoms with Crippen LogP contribution >= 0.6 is 0 Å². The van der Waals surface area contributed by atoms with Gasteiger partial charge in [0.05, 0.1) is 13.0 Å². The average molecular weight is 279 g/mol. The lowest BCUT2D eigenvalue weighted by molar-refractivity contribution is -0.171. The molecule has 1 rings (SSSR count). The van der Waals surface area contributed by atoms with Gasteiger partial charge in [-0.25, -0.2) is 4.79 Å². The third-order valence-corrected chi connectivity index (χ3v) is 3.30. The van der Waals surface area contributed by atoms with Crippen molar-refractivity contribution in [2.75, 3.05) is 21.2 Å². The number of amides is 1. The minimum Gasteiger partial charge on any atom is -0.467 e. The summed E-state index contributed by atoms with van der Waals surface area (Å²) in [7, 11) is 4.37. The van der Waals surface area contributed by atoms with Gasteiger partial charge < -0.3 is 14.7 Å². The average Bonchev–Trinajstić information content (AvgIpc) is 2.43. The molecule has 0 radical (unpaired) electrons. The molecule has 0 saturated heterocycles. The third-order valence-electron chi connectivity index (χ3n) is 3.30. The number of carbonyl (C=O) groups excluding carboxylic acids is 2. The van der Waals surface area contributed by atoms with Gasteiger partial charge in [0.2, 0.25) is 5.91 Å². The Labute approximate surface area is 119 Å². The van der Waals surface area contributed by atoms with Gasteiger partial charge >= 0.3 is 5.97 Å². The lowest BCUT2D eigenvalue weighted by atomic mass is 9.83. The number of carbonyl (C=O) groups is 2. The third kappa shape index (κ3) is 3.57. The quantitative estimate of drug-likeness (QED) is 0.812. The molecule has 0 heterocycles. The Hall–Kier alpha value is -1.88. The largest absolute Gasteiger partial charge is 0.467 e. The van der Waals surface area contributed by atoms with Gasteiger partial charge in [-0.2, -0.15) is 0 Å². The van der Waals surface area contributed by atoms with Crippen LogP contribution in [0.25, 0.3) is 0 Å². The molecule has 5 nitrogen and oxygen atoms in total. The van der Waals surface area contributed by atoms with Crippen LogP contribution in [0.15, 0.2) is 30.3 Å². The summed E-state index contributed by atoms with van der Waals surface area (Å²) in [5.41, 5.74) is -0.997. The van der Waals surface area contributed by atoms with Crippen molar-refractivity contribution in [1.82, 2.24) is 4.90 Å². The van der Waals surface area contributed by atoms with Gasteiger partial charge in [0.25, 0.3) is 0 Å².